The van der Waals surface area contributed by atoms with E-state index in [0.717, 1.165) is 26.1 Å². The molecule has 2 aromatic rings. The van der Waals surface area contributed by atoms with E-state index >= 15 is 0 Å². The van der Waals surface area contributed by atoms with E-state index in [4.69, 9.17) is 0 Å². The minimum atomic E-state index is -0.384. The van der Waals surface area contributed by atoms with Crippen molar-refractivity contribution in [2.45, 2.75) is 12.8 Å². The number of nitro groups is 1. The van der Waals surface area contributed by atoms with Gasteiger partial charge in [0.15, 0.2) is 0 Å². The van der Waals surface area contributed by atoms with Crippen molar-refractivity contribution in [1.82, 2.24) is 4.90 Å². The molecule has 0 unspecified atom stereocenters. The van der Waals surface area contributed by atoms with Crippen molar-refractivity contribution in [2.75, 3.05) is 19.6 Å². The minimum absolute atomic E-state index is 0.0726. The van der Waals surface area contributed by atoms with Gasteiger partial charge in [0, 0.05) is 32.1 Å². The first-order valence-corrected chi connectivity index (χ1v) is 8.43. The van der Waals surface area contributed by atoms with Crippen LogP contribution < -0.4 is 0 Å². The van der Waals surface area contributed by atoms with E-state index in [1.165, 1.54) is 17.2 Å². The van der Waals surface area contributed by atoms with Crippen LogP contribution in [0.3, 0.4) is 0 Å². The van der Waals surface area contributed by atoms with Gasteiger partial charge >= 0.3 is 0 Å². The van der Waals surface area contributed by atoms with E-state index in [1.54, 1.807) is 18.2 Å². The van der Waals surface area contributed by atoms with Gasteiger partial charge in [0.1, 0.15) is 5.56 Å². The standard InChI is InChI=1S/C21H20N2O2/c24-23(25)21-12-5-4-10-20(21)11-6-7-15-22-16-13-19(14-17-22)18-8-2-1-3-9-18/h1-5,8-10,12-13H,7,14-17H2. The summed E-state index contributed by atoms with van der Waals surface area (Å²) in [5.41, 5.74) is 3.27. The smallest absolute Gasteiger partial charge is 0.284 e. The predicted octanol–water partition coefficient (Wildman–Crippen LogP) is 4.13. The summed E-state index contributed by atoms with van der Waals surface area (Å²) < 4.78 is 0. The third-order valence-corrected chi connectivity index (χ3v) is 4.31. The van der Waals surface area contributed by atoms with E-state index in [1.807, 2.05) is 6.07 Å². The molecule has 1 heterocycles. The summed E-state index contributed by atoms with van der Waals surface area (Å²) in [6.45, 7) is 2.83. The number of nitrogens with zero attached hydrogens (tertiary/aromatic N) is 2. The number of rotatable bonds is 4. The topological polar surface area (TPSA) is 46.4 Å². The van der Waals surface area contributed by atoms with Crippen LogP contribution in [0.15, 0.2) is 60.7 Å². The Morgan fingerprint density at radius 2 is 1.84 bits per heavy atom. The Morgan fingerprint density at radius 3 is 2.56 bits per heavy atom. The molecule has 0 fully saturated rings. The van der Waals surface area contributed by atoms with Gasteiger partial charge in [-0.05, 0) is 23.6 Å². The Morgan fingerprint density at radius 1 is 1.08 bits per heavy atom. The van der Waals surface area contributed by atoms with Crippen LogP contribution in [0.4, 0.5) is 5.69 Å². The molecule has 0 radical (unpaired) electrons. The molecule has 126 valence electrons. The lowest BCUT2D eigenvalue weighted by Crippen LogP contribution is -2.29. The fourth-order valence-corrected chi connectivity index (χ4v) is 2.94. The average Bonchev–Trinajstić information content (AvgIpc) is 2.66. The Kier molecular flexibility index (Phi) is 5.61. The third-order valence-electron chi connectivity index (χ3n) is 4.31. The van der Waals surface area contributed by atoms with Gasteiger partial charge in [0.05, 0.1) is 4.92 Å². The molecule has 0 bridgehead atoms. The molecule has 1 aliphatic rings. The molecule has 0 aliphatic carbocycles. The van der Waals surface area contributed by atoms with E-state index in [0.29, 0.717) is 12.0 Å². The lowest BCUT2D eigenvalue weighted by atomic mass is 9.99. The second-order valence-electron chi connectivity index (χ2n) is 5.97. The lowest BCUT2D eigenvalue weighted by molar-refractivity contribution is -0.385. The minimum Gasteiger partial charge on any atom is -0.298 e. The zero-order valence-corrected chi connectivity index (χ0v) is 14.0. The molecule has 4 nitrogen and oxygen atoms in total. The SMILES string of the molecule is O=[N+]([O-])c1ccccc1C#CCCN1CC=C(c2ccccc2)CC1. The number of hydrogen-bond acceptors (Lipinski definition) is 3. The Bertz CT molecular complexity index is 832. The molecule has 0 spiro atoms. The van der Waals surface area contributed by atoms with Crippen LogP contribution in [0.5, 0.6) is 0 Å². The second-order valence-corrected chi connectivity index (χ2v) is 5.97. The molecule has 1 aliphatic heterocycles. The van der Waals surface area contributed by atoms with Crippen molar-refractivity contribution in [3.05, 3.63) is 81.9 Å². The van der Waals surface area contributed by atoms with Gasteiger partial charge in [-0.15, -0.1) is 0 Å². The van der Waals surface area contributed by atoms with Crippen LogP contribution in [0.25, 0.3) is 5.57 Å². The highest BCUT2D eigenvalue weighted by atomic mass is 16.6. The zero-order valence-electron chi connectivity index (χ0n) is 14.0. The lowest BCUT2D eigenvalue weighted by Gasteiger charge is -2.25. The Labute approximate surface area is 147 Å². The van der Waals surface area contributed by atoms with Gasteiger partial charge in [0.25, 0.3) is 5.69 Å². The van der Waals surface area contributed by atoms with Crippen LogP contribution >= 0.6 is 0 Å². The number of nitro benzene ring substituents is 1. The fraction of sp³-hybridized carbons (Fsp3) is 0.238. The molecule has 4 heteroatoms. The molecule has 0 atom stereocenters. The fourth-order valence-electron chi connectivity index (χ4n) is 2.94. The van der Waals surface area contributed by atoms with E-state index in [-0.39, 0.29) is 10.6 Å². The van der Waals surface area contributed by atoms with Gasteiger partial charge in [-0.1, -0.05) is 60.4 Å². The van der Waals surface area contributed by atoms with Crippen molar-refractivity contribution in [3.63, 3.8) is 0 Å². The quantitative estimate of drug-likeness (QED) is 0.480. The van der Waals surface area contributed by atoms with Crippen molar-refractivity contribution in [2.24, 2.45) is 0 Å². The van der Waals surface area contributed by atoms with Crippen molar-refractivity contribution in [1.29, 1.82) is 0 Å². The largest absolute Gasteiger partial charge is 0.298 e. The van der Waals surface area contributed by atoms with Crippen molar-refractivity contribution >= 4 is 11.3 Å². The van der Waals surface area contributed by atoms with Crippen LogP contribution in [-0.2, 0) is 0 Å². The highest BCUT2D eigenvalue weighted by Crippen LogP contribution is 2.22. The summed E-state index contributed by atoms with van der Waals surface area (Å²) in [7, 11) is 0. The monoisotopic (exact) mass is 332 g/mol. The molecular formula is C21H20N2O2. The van der Waals surface area contributed by atoms with Gasteiger partial charge in [-0.25, -0.2) is 0 Å². The van der Waals surface area contributed by atoms with Crippen LogP contribution in [0, 0.1) is 22.0 Å². The molecule has 0 aromatic heterocycles. The van der Waals surface area contributed by atoms with Crippen molar-refractivity contribution in [3.8, 4) is 11.8 Å². The maximum atomic E-state index is 11.0. The van der Waals surface area contributed by atoms with Gasteiger partial charge < -0.3 is 0 Å². The molecule has 3 rings (SSSR count). The predicted molar refractivity (Wildman–Crippen MR) is 100 cm³/mol. The summed E-state index contributed by atoms with van der Waals surface area (Å²) in [6.07, 6.45) is 4.04. The summed E-state index contributed by atoms with van der Waals surface area (Å²) in [6, 6.07) is 17.1. The van der Waals surface area contributed by atoms with E-state index in [9.17, 15) is 10.1 Å². The van der Waals surface area contributed by atoms with Gasteiger partial charge in [-0.3, -0.25) is 15.0 Å². The summed E-state index contributed by atoms with van der Waals surface area (Å²) in [5.74, 6) is 6.01. The highest BCUT2D eigenvalue weighted by Gasteiger charge is 2.12. The maximum Gasteiger partial charge on any atom is 0.284 e. The Hall–Kier alpha value is -2.90. The first-order chi connectivity index (χ1) is 12.2. The number of para-hydroxylation sites is 1. The number of hydrogen-bond donors (Lipinski definition) is 0. The van der Waals surface area contributed by atoms with Crippen LogP contribution in [0.2, 0.25) is 0 Å². The third kappa shape index (κ3) is 4.56. The van der Waals surface area contributed by atoms with Gasteiger partial charge in [-0.2, -0.15) is 0 Å². The molecule has 25 heavy (non-hydrogen) atoms. The van der Waals surface area contributed by atoms with E-state index < -0.39 is 0 Å². The Balaban J connectivity index is 1.53. The number of benzene rings is 2. The summed E-state index contributed by atoms with van der Waals surface area (Å²) in [5, 5.41) is 11.0. The highest BCUT2D eigenvalue weighted by molar-refractivity contribution is 5.66. The molecule has 0 saturated carbocycles. The average molecular weight is 332 g/mol. The molecule has 0 saturated heterocycles. The summed E-state index contributed by atoms with van der Waals surface area (Å²) in [4.78, 5) is 12.9. The normalized spacial score (nSPS) is 14.3. The first-order valence-electron chi connectivity index (χ1n) is 8.43. The van der Waals surface area contributed by atoms with Crippen molar-refractivity contribution < 1.29 is 4.92 Å². The van der Waals surface area contributed by atoms with E-state index in [2.05, 4.69) is 47.1 Å². The molecule has 0 amide bonds. The van der Waals surface area contributed by atoms with Gasteiger partial charge in [0.2, 0.25) is 0 Å². The van der Waals surface area contributed by atoms with Crippen LogP contribution in [-0.4, -0.2) is 29.5 Å². The molecule has 0 N–H and O–H groups in total. The summed E-state index contributed by atoms with van der Waals surface area (Å²) >= 11 is 0. The first kappa shape index (κ1) is 16.9. The molecular weight excluding hydrogens is 312 g/mol. The maximum absolute atomic E-state index is 11.0. The second kappa shape index (κ2) is 8.27. The molecule has 2 aromatic carbocycles. The van der Waals surface area contributed by atoms with Crippen LogP contribution in [0.1, 0.15) is 24.0 Å². The zero-order chi connectivity index (χ0) is 17.5.